The summed E-state index contributed by atoms with van der Waals surface area (Å²) >= 11 is 0. The van der Waals surface area contributed by atoms with Gasteiger partial charge in [0.1, 0.15) is 0 Å². The van der Waals surface area contributed by atoms with E-state index in [1.807, 2.05) is 6.92 Å². The molecule has 0 N–H and O–H groups in total. The van der Waals surface area contributed by atoms with E-state index in [1.165, 1.54) is 13.2 Å². The number of methoxy groups -OCH3 is 1. The van der Waals surface area contributed by atoms with Crippen molar-refractivity contribution >= 4 is 15.8 Å². The summed E-state index contributed by atoms with van der Waals surface area (Å²) in [6.45, 7) is 3.66. The van der Waals surface area contributed by atoms with Crippen LogP contribution >= 0.6 is 0 Å². The van der Waals surface area contributed by atoms with Gasteiger partial charge >= 0.3 is 5.97 Å². The lowest BCUT2D eigenvalue weighted by atomic mass is 9.98. The normalized spacial score (nSPS) is 21.0. The minimum Gasteiger partial charge on any atom is -0.465 e. The Bertz CT molecular complexity index is 587. The van der Waals surface area contributed by atoms with E-state index in [9.17, 15) is 13.2 Å². The van der Waals surface area contributed by atoms with Crippen molar-refractivity contribution in [2.45, 2.75) is 24.7 Å². The molecule has 5 heteroatoms. The molecule has 17 heavy (non-hydrogen) atoms. The molecule has 0 bridgehead atoms. The van der Waals surface area contributed by atoms with Crippen LogP contribution in [0.2, 0.25) is 0 Å². The molecule has 4 nitrogen and oxygen atoms in total. The predicted molar refractivity (Wildman–Crippen MR) is 63.0 cm³/mol. The molecule has 0 saturated heterocycles. The fourth-order valence-corrected chi connectivity index (χ4v) is 4.14. The Labute approximate surface area is 101 Å². The van der Waals surface area contributed by atoms with Crippen molar-refractivity contribution in [3.63, 3.8) is 0 Å². The van der Waals surface area contributed by atoms with Gasteiger partial charge in [0.2, 0.25) is 0 Å². The second kappa shape index (κ2) is 3.84. The standard InChI is InChI=1S/C12H14O4S/c1-7-4-9-8(2)6-17(14,15)11(9)5-10(7)12(13)16-3/h4-5,8H,6H2,1-3H3. The highest BCUT2D eigenvalue weighted by molar-refractivity contribution is 7.91. The van der Waals surface area contributed by atoms with Crippen LogP contribution in [0.15, 0.2) is 17.0 Å². The van der Waals surface area contributed by atoms with Crippen LogP contribution in [0, 0.1) is 6.92 Å². The van der Waals surface area contributed by atoms with Crippen LogP contribution in [0.1, 0.15) is 34.3 Å². The van der Waals surface area contributed by atoms with Crippen molar-refractivity contribution in [2.75, 3.05) is 12.9 Å². The third-order valence-corrected chi connectivity index (χ3v) is 5.06. The van der Waals surface area contributed by atoms with E-state index < -0.39 is 15.8 Å². The van der Waals surface area contributed by atoms with Gasteiger partial charge in [-0.3, -0.25) is 0 Å². The first-order valence-electron chi connectivity index (χ1n) is 5.32. The van der Waals surface area contributed by atoms with Crippen molar-refractivity contribution in [2.24, 2.45) is 0 Å². The number of hydrogen-bond acceptors (Lipinski definition) is 4. The minimum absolute atomic E-state index is 0.0135. The summed E-state index contributed by atoms with van der Waals surface area (Å²) in [6, 6.07) is 3.21. The lowest BCUT2D eigenvalue weighted by Gasteiger charge is -2.08. The molecule has 0 aliphatic carbocycles. The molecule has 1 aliphatic rings. The number of carbonyl (C=O) groups excluding carboxylic acids is 1. The summed E-state index contributed by atoms with van der Waals surface area (Å²) in [5.41, 5.74) is 1.87. The molecule has 0 saturated carbocycles. The molecule has 1 heterocycles. The maximum Gasteiger partial charge on any atom is 0.338 e. The van der Waals surface area contributed by atoms with E-state index in [1.54, 1.807) is 13.0 Å². The van der Waals surface area contributed by atoms with Gasteiger partial charge in [-0.15, -0.1) is 0 Å². The van der Waals surface area contributed by atoms with Gasteiger partial charge in [-0.25, -0.2) is 13.2 Å². The van der Waals surface area contributed by atoms with Crippen LogP contribution < -0.4 is 0 Å². The molecule has 92 valence electrons. The van der Waals surface area contributed by atoms with Gasteiger partial charge in [-0.1, -0.05) is 13.0 Å². The number of esters is 1. The number of hydrogen-bond donors (Lipinski definition) is 0. The molecule has 2 rings (SSSR count). The maximum absolute atomic E-state index is 11.9. The molecule has 1 aliphatic heterocycles. The van der Waals surface area contributed by atoms with Gasteiger partial charge < -0.3 is 4.74 Å². The Morgan fingerprint density at radius 2 is 2.06 bits per heavy atom. The van der Waals surface area contributed by atoms with E-state index in [-0.39, 0.29) is 16.6 Å². The first-order valence-corrected chi connectivity index (χ1v) is 6.97. The van der Waals surface area contributed by atoms with E-state index in [4.69, 9.17) is 0 Å². The molecule has 1 atom stereocenters. The van der Waals surface area contributed by atoms with Crippen molar-refractivity contribution in [1.29, 1.82) is 0 Å². The lowest BCUT2D eigenvalue weighted by molar-refractivity contribution is 0.0599. The largest absolute Gasteiger partial charge is 0.465 e. The van der Waals surface area contributed by atoms with Gasteiger partial charge in [0, 0.05) is 0 Å². The highest BCUT2D eigenvalue weighted by Gasteiger charge is 2.33. The third kappa shape index (κ3) is 1.84. The SMILES string of the molecule is COC(=O)c1cc2c(cc1C)C(C)CS2(=O)=O. The first kappa shape index (κ1) is 12.1. The number of ether oxygens (including phenoxy) is 1. The van der Waals surface area contributed by atoms with Crippen LogP contribution in [0.3, 0.4) is 0 Å². The number of carbonyl (C=O) groups is 1. The summed E-state index contributed by atoms with van der Waals surface area (Å²) in [5, 5.41) is 0. The van der Waals surface area contributed by atoms with Crippen LogP contribution in [0.5, 0.6) is 0 Å². The Balaban J connectivity index is 2.69. The third-order valence-electron chi connectivity index (χ3n) is 3.10. The Morgan fingerprint density at radius 1 is 1.41 bits per heavy atom. The average molecular weight is 254 g/mol. The second-order valence-electron chi connectivity index (χ2n) is 4.38. The van der Waals surface area contributed by atoms with Gasteiger partial charge in [0.05, 0.1) is 23.3 Å². The number of fused-ring (bicyclic) bond motifs is 1. The molecular formula is C12H14O4S. The molecule has 0 amide bonds. The lowest BCUT2D eigenvalue weighted by Crippen LogP contribution is -2.06. The topological polar surface area (TPSA) is 60.4 Å². The van der Waals surface area contributed by atoms with Gasteiger partial charge in [0.15, 0.2) is 9.84 Å². The van der Waals surface area contributed by atoms with Gasteiger partial charge in [-0.2, -0.15) is 0 Å². The van der Waals surface area contributed by atoms with Crippen molar-refractivity contribution in [3.05, 3.63) is 28.8 Å². The fraction of sp³-hybridized carbons (Fsp3) is 0.417. The van der Waals surface area contributed by atoms with Crippen LogP contribution in [-0.4, -0.2) is 27.2 Å². The van der Waals surface area contributed by atoms with E-state index >= 15 is 0 Å². The zero-order valence-corrected chi connectivity index (χ0v) is 10.8. The van der Waals surface area contributed by atoms with Crippen molar-refractivity contribution in [1.82, 2.24) is 0 Å². The molecule has 1 aromatic rings. The number of rotatable bonds is 1. The fourth-order valence-electron chi connectivity index (χ4n) is 2.20. The van der Waals surface area contributed by atoms with Crippen molar-refractivity contribution < 1.29 is 17.9 Å². The van der Waals surface area contributed by atoms with Crippen LogP contribution in [0.25, 0.3) is 0 Å². The zero-order valence-electron chi connectivity index (χ0n) is 9.98. The molecular weight excluding hydrogens is 240 g/mol. The number of benzene rings is 1. The molecule has 0 spiro atoms. The van der Waals surface area contributed by atoms with Gasteiger partial charge in [-0.05, 0) is 30.0 Å². The van der Waals surface area contributed by atoms with E-state index in [0.717, 1.165) is 11.1 Å². The molecule has 0 fully saturated rings. The smallest absolute Gasteiger partial charge is 0.338 e. The monoisotopic (exact) mass is 254 g/mol. The molecule has 1 unspecified atom stereocenters. The van der Waals surface area contributed by atoms with Gasteiger partial charge in [0.25, 0.3) is 0 Å². The van der Waals surface area contributed by atoms with Crippen molar-refractivity contribution in [3.8, 4) is 0 Å². The minimum atomic E-state index is -3.24. The summed E-state index contributed by atoms with van der Waals surface area (Å²) in [6.07, 6.45) is 0. The molecule has 0 aromatic heterocycles. The number of aryl methyl sites for hydroxylation is 1. The van der Waals surface area contributed by atoms with E-state index in [2.05, 4.69) is 4.74 Å². The highest BCUT2D eigenvalue weighted by atomic mass is 32.2. The molecule has 1 aromatic carbocycles. The van der Waals surface area contributed by atoms with Crippen LogP contribution in [0.4, 0.5) is 0 Å². The molecule has 0 radical (unpaired) electrons. The maximum atomic E-state index is 11.9. The summed E-state index contributed by atoms with van der Waals surface area (Å²) in [5.74, 6) is -0.396. The first-order chi connectivity index (χ1) is 7.86. The van der Waals surface area contributed by atoms with Crippen LogP contribution in [-0.2, 0) is 14.6 Å². The predicted octanol–water partition coefficient (Wildman–Crippen LogP) is 1.67. The Morgan fingerprint density at radius 3 is 2.65 bits per heavy atom. The second-order valence-corrected chi connectivity index (χ2v) is 6.38. The Kier molecular flexibility index (Phi) is 2.73. The van der Waals surface area contributed by atoms with E-state index in [0.29, 0.717) is 5.56 Å². The average Bonchev–Trinajstić information content (AvgIpc) is 2.47. The Hall–Kier alpha value is -1.36. The highest BCUT2D eigenvalue weighted by Crippen LogP contribution is 2.36. The summed E-state index contributed by atoms with van der Waals surface area (Å²) in [7, 11) is -1.96. The summed E-state index contributed by atoms with van der Waals surface area (Å²) in [4.78, 5) is 11.8. The summed E-state index contributed by atoms with van der Waals surface area (Å²) < 4.78 is 28.4. The number of sulfone groups is 1. The zero-order chi connectivity index (χ0) is 12.8. The quantitative estimate of drug-likeness (QED) is 0.715.